The fourth-order valence-corrected chi connectivity index (χ4v) is 3.52. The Labute approximate surface area is 147 Å². The van der Waals surface area contributed by atoms with E-state index in [1.54, 1.807) is 12.1 Å². The number of nitro groups is 1. The van der Waals surface area contributed by atoms with Crippen LogP contribution in [0.4, 0.5) is 16.2 Å². The number of amides is 2. The number of hydrogen-bond donors (Lipinski definition) is 1. The molecule has 1 aromatic carbocycles. The lowest BCUT2D eigenvalue weighted by Gasteiger charge is -2.42. The molecule has 3 rings (SSSR count). The largest absolute Gasteiger partial charge is 0.322 e. The van der Waals surface area contributed by atoms with Gasteiger partial charge in [0.1, 0.15) is 0 Å². The zero-order valence-corrected chi connectivity index (χ0v) is 14.6. The Morgan fingerprint density at radius 1 is 1.08 bits per heavy atom. The van der Waals surface area contributed by atoms with E-state index >= 15 is 0 Å². The molecule has 25 heavy (non-hydrogen) atoms. The summed E-state index contributed by atoms with van der Waals surface area (Å²) in [5.41, 5.74) is 0.595. The van der Waals surface area contributed by atoms with Crippen LogP contribution >= 0.6 is 0 Å². The molecular formula is C17H25N5O3. The van der Waals surface area contributed by atoms with Crippen molar-refractivity contribution >= 4 is 17.4 Å². The highest BCUT2D eigenvalue weighted by atomic mass is 16.6. The zero-order valence-electron chi connectivity index (χ0n) is 14.6. The molecule has 1 aromatic rings. The van der Waals surface area contributed by atoms with Crippen LogP contribution < -0.4 is 5.32 Å². The number of carbonyl (C=O) groups is 1. The molecule has 0 unspecified atom stereocenters. The van der Waals surface area contributed by atoms with Crippen molar-refractivity contribution in [1.82, 2.24) is 14.7 Å². The number of anilines is 1. The lowest BCUT2D eigenvalue weighted by Crippen LogP contribution is -2.54. The topological polar surface area (TPSA) is 82.0 Å². The van der Waals surface area contributed by atoms with Crippen LogP contribution in [0.25, 0.3) is 0 Å². The summed E-state index contributed by atoms with van der Waals surface area (Å²) < 4.78 is 0. The van der Waals surface area contributed by atoms with Gasteiger partial charge in [-0.15, -0.1) is 0 Å². The van der Waals surface area contributed by atoms with E-state index in [-0.39, 0.29) is 11.7 Å². The second-order valence-electron chi connectivity index (χ2n) is 6.79. The first-order valence-electron chi connectivity index (χ1n) is 8.76. The highest BCUT2D eigenvalue weighted by Crippen LogP contribution is 2.19. The first kappa shape index (κ1) is 17.6. The van der Waals surface area contributed by atoms with Crippen molar-refractivity contribution in [2.45, 2.75) is 18.9 Å². The van der Waals surface area contributed by atoms with Gasteiger partial charge in [0.2, 0.25) is 0 Å². The molecule has 2 aliphatic rings. The summed E-state index contributed by atoms with van der Waals surface area (Å²) in [4.78, 5) is 29.3. The van der Waals surface area contributed by atoms with E-state index in [0.717, 1.165) is 26.2 Å². The summed E-state index contributed by atoms with van der Waals surface area (Å²) in [6.07, 6.45) is 2.40. The lowest BCUT2D eigenvalue weighted by molar-refractivity contribution is -0.384. The maximum Gasteiger partial charge on any atom is 0.321 e. The van der Waals surface area contributed by atoms with Crippen molar-refractivity contribution in [3.8, 4) is 0 Å². The third-order valence-electron chi connectivity index (χ3n) is 5.14. The van der Waals surface area contributed by atoms with Gasteiger partial charge in [0.25, 0.3) is 5.69 Å². The minimum Gasteiger partial charge on any atom is -0.322 e. The summed E-state index contributed by atoms with van der Waals surface area (Å²) in [5.74, 6) is 0. The smallest absolute Gasteiger partial charge is 0.321 e. The molecule has 0 bridgehead atoms. The van der Waals surface area contributed by atoms with Crippen LogP contribution in [0.1, 0.15) is 12.8 Å². The number of rotatable bonds is 3. The van der Waals surface area contributed by atoms with E-state index in [1.807, 2.05) is 4.90 Å². The maximum absolute atomic E-state index is 12.4. The number of likely N-dealkylation sites (tertiary alicyclic amines) is 1. The molecule has 8 heteroatoms. The molecule has 0 atom stereocenters. The number of piperidine rings is 1. The molecule has 0 spiro atoms. The van der Waals surface area contributed by atoms with Crippen molar-refractivity contribution < 1.29 is 9.72 Å². The van der Waals surface area contributed by atoms with Gasteiger partial charge in [0, 0.05) is 50.0 Å². The van der Waals surface area contributed by atoms with E-state index in [9.17, 15) is 14.9 Å². The minimum atomic E-state index is -0.451. The van der Waals surface area contributed by atoms with E-state index < -0.39 is 4.92 Å². The van der Waals surface area contributed by atoms with E-state index in [2.05, 4.69) is 22.2 Å². The molecule has 0 aromatic heterocycles. The Morgan fingerprint density at radius 3 is 2.24 bits per heavy atom. The number of benzene rings is 1. The van der Waals surface area contributed by atoms with Gasteiger partial charge in [-0.25, -0.2) is 4.79 Å². The van der Waals surface area contributed by atoms with Crippen LogP contribution in [0, 0.1) is 10.1 Å². The number of non-ortho nitro benzene ring substituents is 1. The van der Waals surface area contributed by atoms with Crippen LogP contribution in [-0.2, 0) is 0 Å². The van der Waals surface area contributed by atoms with Crippen LogP contribution in [0.5, 0.6) is 0 Å². The highest BCUT2D eigenvalue weighted by molar-refractivity contribution is 5.89. The number of nitrogens with one attached hydrogen (secondary N) is 1. The molecule has 2 fully saturated rings. The van der Waals surface area contributed by atoms with Gasteiger partial charge in [-0.05, 0) is 45.1 Å². The molecule has 2 aliphatic heterocycles. The summed E-state index contributed by atoms with van der Waals surface area (Å²) in [6.45, 7) is 5.53. The van der Waals surface area contributed by atoms with Crippen LogP contribution in [0.2, 0.25) is 0 Å². The number of nitrogens with zero attached hydrogens (tertiary/aromatic N) is 4. The van der Waals surface area contributed by atoms with Gasteiger partial charge < -0.3 is 15.1 Å². The Morgan fingerprint density at radius 2 is 1.68 bits per heavy atom. The Hall–Kier alpha value is -2.19. The van der Waals surface area contributed by atoms with Crippen molar-refractivity contribution in [2.24, 2.45) is 0 Å². The molecular weight excluding hydrogens is 322 g/mol. The van der Waals surface area contributed by atoms with Crippen molar-refractivity contribution in [2.75, 3.05) is 51.6 Å². The minimum absolute atomic E-state index is 0.0183. The third kappa shape index (κ3) is 4.46. The summed E-state index contributed by atoms with van der Waals surface area (Å²) in [5, 5.41) is 13.5. The molecule has 0 saturated carbocycles. The monoisotopic (exact) mass is 347 g/mol. The van der Waals surface area contributed by atoms with Gasteiger partial charge in [0.05, 0.1) is 4.92 Å². The first-order chi connectivity index (χ1) is 12.0. The van der Waals surface area contributed by atoms with Crippen molar-refractivity contribution in [1.29, 1.82) is 0 Å². The predicted molar refractivity (Wildman–Crippen MR) is 95.8 cm³/mol. The van der Waals surface area contributed by atoms with Gasteiger partial charge in [-0.2, -0.15) is 0 Å². The molecule has 2 saturated heterocycles. The predicted octanol–water partition coefficient (Wildman–Crippen LogP) is 1.84. The van der Waals surface area contributed by atoms with Crippen molar-refractivity contribution in [3.05, 3.63) is 34.4 Å². The average Bonchev–Trinajstić information content (AvgIpc) is 2.63. The van der Waals surface area contributed by atoms with E-state index in [4.69, 9.17) is 0 Å². The molecule has 2 heterocycles. The van der Waals surface area contributed by atoms with Gasteiger partial charge in [0.15, 0.2) is 0 Å². The Kier molecular flexibility index (Phi) is 5.50. The summed E-state index contributed by atoms with van der Waals surface area (Å²) in [6, 6.07) is 6.41. The molecule has 8 nitrogen and oxygen atoms in total. The normalized spacial score (nSPS) is 20.4. The third-order valence-corrected chi connectivity index (χ3v) is 5.14. The fourth-order valence-electron chi connectivity index (χ4n) is 3.52. The zero-order chi connectivity index (χ0) is 17.8. The number of piperazine rings is 1. The molecule has 0 radical (unpaired) electrons. The fraction of sp³-hybridized carbons (Fsp3) is 0.588. The number of hydrogen-bond acceptors (Lipinski definition) is 5. The van der Waals surface area contributed by atoms with Crippen LogP contribution in [0.15, 0.2) is 24.3 Å². The molecule has 2 amide bonds. The summed E-state index contributed by atoms with van der Waals surface area (Å²) in [7, 11) is 2.16. The molecule has 1 N–H and O–H groups in total. The quantitative estimate of drug-likeness (QED) is 0.666. The lowest BCUT2D eigenvalue weighted by atomic mass is 10.0. The van der Waals surface area contributed by atoms with Gasteiger partial charge in [-0.3, -0.25) is 15.0 Å². The number of nitro benzene ring substituents is 1. The second kappa shape index (κ2) is 7.79. The van der Waals surface area contributed by atoms with Crippen LogP contribution in [0.3, 0.4) is 0 Å². The van der Waals surface area contributed by atoms with Gasteiger partial charge in [-0.1, -0.05) is 0 Å². The highest BCUT2D eigenvalue weighted by Gasteiger charge is 2.28. The molecule has 0 aliphatic carbocycles. The van der Waals surface area contributed by atoms with Crippen molar-refractivity contribution in [3.63, 3.8) is 0 Å². The summed E-state index contributed by atoms with van der Waals surface area (Å²) >= 11 is 0. The van der Waals surface area contributed by atoms with Crippen LogP contribution in [-0.4, -0.2) is 78.0 Å². The Bertz CT molecular complexity index is 605. The van der Waals surface area contributed by atoms with Gasteiger partial charge >= 0.3 is 6.03 Å². The first-order valence-corrected chi connectivity index (χ1v) is 8.76. The number of carbonyl (C=O) groups excluding carboxylic acids is 1. The number of urea groups is 1. The van der Waals surface area contributed by atoms with E-state index in [0.29, 0.717) is 24.8 Å². The average molecular weight is 347 g/mol. The molecule has 136 valence electrons. The SMILES string of the molecule is CN1CCC(N2CCN(C(=O)Nc3ccc([N+](=O)[O-])cc3)CC2)CC1. The van der Waals surface area contributed by atoms with E-state index in [1.165, 1.54) is 25.0 Å². The maximum atomic E-state index is 12.4. The second-order valence-corrected chi connectivity index (χ2v) is 6.79. The Balaban J connectivity index is 1.47. The standard InChI is InChI=1S/C17H25N5O3/c1-19-8-6-15(7-9-19)20-10-12-21(13-11-20)17(23)18-14-2-4-16(5-3-14)22(24)25/h2-5,15H,6-13H2,1H3,(H,18,23).